The molecule has 140 valence electrons. The summed E-state index contributed by atoms with van der Waals surface area (Å²) in [6.07, 6.45) is 1.64. The molecule has 0 bridgehead atoms. The van der Waals surface area contributed by atoms with Crippen molar-refractivity contribution in [2.24, 2.45) is 0 Å². The van der Waals surface area contributed by atoms with E-state index in [2.05, 4.69) is 6.58 Å². The van der Waals surface area contributed by atoms with E-state index >= 15 is 0 Å². The molecule has 0 aromatic heterocycles. The Hall–Kier alpha value is -3.41. The third-order valence-electron chi connectivity index (χ3n) is 3.60. The Kier molecular flexibility index (Phi) is 6.88. The highest BCUT2D eigenvalue weighted by Gasteiger charge is 2.11. The zero-order valence-corrected chi connectivity index (χ0v) is 15.2. The van der Waals surface area contributed by atoms with Crippen LogP contribution < -0.4 is 9.47 Å². The maximum absolute atomic E-state index is 12.3. The second-order valence-corrected chi connectivity index (χ2v) is 5.73. The molecule has 0 aliphatic carbocycles. The second kappa shape index (κ2) is 9.33. The van der Waals surface area contributed by atoms with Crippen LogP contribution in [-0.2, 0) is 20.7 Å². The number of benzene rings is 2. The fraction of sp³-hybridized carbons (Fsp3) is 0.190. The second-order valence-electron chi connectivity index (χ2n) is 5.73. The van der Waals surface area contributed by atoms with E-state index in [0.717, 1.165) is 11.6 Å². The number of hydrogen-bond acceptors (Lipinski definition) is 6. The van der Waals surface area contributed by atoms with Crippen LogP contribution in [0.4, 0.5) is 0 Å². The largest absolute Gasteiger partial charge is 0.462 e. The molecule has 2 aromatic carbocycles. The summed E-state index contributed by atoms with van der Waals surface area (Å²) in [4.78, 5) is 34.3. The van der Waals surface area contributed by atoms with Crippen LogP contribution in [0.25, 0.3) is 0 Å². The number of hydrogen-bond donors (Lipinski definition) is 0. The molecule has 27 heavy (non-hydrogen) atoms. The van der Waals surface area contributed by atoms with E-state index in [-0.39, 0.29) is 6.61 Å². The summed E-state index contributed by atoms with van der Waals surface area (Å²) in [5.41, 5.74) is 1.98. The summed E-state index contributed by atoms with van der Waals surface area (Å²) < 4.78 is 15.3. The minimum atomic E-state index is -0.497. The summed E-state index contributed by atoms with van der Waals surface area (Å²) in [7, 11) is 0. The molecule has 0 atom stereocenters. The molecular formula is C21H20O6. The Labute approximate surface area is 157 Å². The lowest BCUT2D eigenvalue weighted by molar-refractivity contribution is -0.137. The van der Waals surface area contributed by atoms with E-state index in [1.54, 1.807) is 49.4 Å². The first kappa shape index (κ1) is 19.9. The van der Waals surface area contributed by atoms with Crippen molar-refractivity contribution in [2.45, 2.75) is 20.3 Å². The Balaban J connectivity index is 1.96. The van der Waals surface area contributed by atoms with Gasteiger partial charge in [0.15, 0.2) is 0 Å². The van der Waals surface area contributed by atoms with Crippen molar-refractivity contribution in [2.75, 3.05) is 6.61 Å². The molecule has 0 fully saturated rings. The number of esters is 3. The maximum Gasteiger partial charge on any atom is 0.343 e. The van der Waals surface area contributed by atoms with Gasteiger partial charge in [-0.2, -0.15) is 0 Å². The minimum absolute atomic E-state index is 0.239. The van der Waals surface area contributed by atoms with Gasteiger partial charge in [-0.25, -0.2) is 9.59 Å². The zero-order valence-electron chi connectivity index (χ0n) is 15.2. The van der Waals surface area contributed by atoms with Gasteiger partial charge in [-0.15, -0.1) is 0 Å². The van der Waals surface area contributed by atoms with Gasteiger partial charge in [0, 0.05) is 19.4 Å². The Morgan fingerprint density at radius 3 is 2.33 bits per heavy atom. The van der Waals surface area contributed by atoms with Crippen LogP contribution in [-0.4, -0.2) is 24.5 Å². The van der Waals surface area contributed by atoms with Gasteiger partial charge in [-0.1, -0.05) is 18.7 Å². The smallest absolute Gasteiger partial charge is 0.343 e. The van der Waals surface area contributed by atoms with Crippen molar-refractivity contribution < 1.29 is 28.6 Å². The van der Waals surface area contributed by atoms with Gasteiger partial charge >= 0.3 is 17.9 Å². The van der Waals surface area contributed by atoms with Gasteiger partial charge in [-0.3, -0.25) is 4.79 Å². The Morgan fingerprint density at radius 2 is 1.74 bits per heavy atom. The lowest BCUT2D eigenvalue weighted by atomic mass is 10.1. The number of aryl methyl sites for hydroxylation is 1. The van der Waals surface area contributed by atoms with Crippen LogP contribution in [0.1, 0.15) is 28.4 Å². The first-order chi connectivity index (χ1) is 12.9. The van der Waals surface area contributed by atoms with E-state index in [1.165, 1.54) is 6.92 Å². The topological polar surface area (TPSA) is 78.9 Å². The fourth-order valence-electron chi connectivity index (χ4n) is 2.26. The third kappa shape index (κ3) is 6.11. The van der Waals surface area contributed by atoms with Gasteiger partial charge in [0.25, 0.3) is 0 Å². The van der Waals surface area contributed by atoms with E-state index < -0.39 is 17.9 Å². The molecule has 0 N–H and O–H groups in total. The summed E-state index contributed by atoms with van der Waals surface area (Å²) in [6.45, 7) is 6.63. The average Bonchev–Trinajstić information content (AvgIpc) is 2.63. The van der Waals surface area contributed by atoms with Crippen LogP contribution in [0.5, 0.6) is 11.5 Å². The SMILES string of the molecule is C=CC(=O)OCCc1ccc(C(=O)Oc2ccc(OC(C)=O)cc2C)cc1. The predicted molar refractivity (Wildman–Crippen MR) is 98.7 cm³/mol. The first-order valence-corrected chi connectivity index (χ1v) is 8.28. The van der Waals surface area contributed by atoms with Crippen molar-refractivity contribution in [1.82, 2.24) is 0 Å². The molecular weight excluding hydrogens is 348 g/mol. The zero-order chi connectivity index (χ0) is 19.8. The fourth-order valence-corrected chi connectivity index (χ4v) is 2.26. The Bertz CT molecular complexity index is 851. The molecule has 0 unspecified atom stereocenters. The molecule has 0 saturated heterocycles. The van der Waals surface area contributed by atoms with Gasteiger partial charge in [0.2, 0.25) is 0 Å². The van der Waals surface area contributed by atoms with Gasteiger partial charge in [0.1, 0.15) is 11.5 Å². The number of carbonyl (C=O) groups is 3. The molecule has 0 saturated carbocycles. The quantitative estimate of drug-likeness (QED) is 0.423. The Morgan fingerprint density at radius 1 is 1.04 bits per heavy atom. The normalized spacial score (nSPS) is 10.0. The van der Waals surface area contributed by atoms with Crippen LogP contribution >= 0.6 is 0 Å². The highest BCUT2D eigenvalue weighted by molar-refractivity contribution is 5.91. The monoisotopic (exact) mass is 368 g/mol. The number of carbonyl (C=O) groups excluding carboxylic acids is 3. The van der Waals surface area contributed by atoms with Crippen molar-refractivity contribution in [3.63, 3.8) is 0 Å². The van der Waals surface area contributed by atoms with E-state index in [9.17, 15) is 14.4 Å². The van der Waals surface area contributed by atoms with Crippen LogP contribution in [0.15, 0.2) is 55.1 Å². The molecule has 6 nitrogen and oxygen atoms in total. The van der Waals surface area contributed by atoms with Gasteiger partial charge < -0.3 is 14.2 Å². The predicted octanol–water partition coefficient (Wildman–Crippen LogP) is 3.41. The molecule has 6 heteroatoms. The molecule has 2 rings (SSSR count). The number of rotatable bonds is 7. The van der Waals surface area contributed by atoms with Crippen molar-refractivity contribution in [3.05, 3.63) is 71.8 Å². The molecule has 0 heterocycles. The molecule has 2 aromatic rings. The number of ether oxygens (including phenoxy) is 3. The molecule has 0 aliphatic heterocycles. The molecule has 0 spiro atoms. The van der Waals surface area contributed by atoms with Gasteiger partial charge in [0.05, 0.1) is 12.2 Å². The lowest BCUT2D eigenvalue weighted by Gasteiger charge is -2.09. The molecule has 0 amide bonds. The van der Waals surface area contributed by atoms with Crippen LogP contribution in [0.2, 0.25) is 0 Å². The molecule has 0 radical (unpaired) electrons. The van der Waals surface area contributed by atoms with Gasteiger partial charge in [-0.05, 0) is 48.4 Å². The summed E-state index contributed by atoms with van der Waals surface area (Å²) in [5.74, 6) is -0.607. The maximum atomic E-state index is 12.3. The van der Waals surface area contributed by atoms with E-state index in [4.69, 9.17) is 14.2 Å². The minimum Gasteiger partial charge on any atom is -0.462 e. The van der Waals surface area contributed by atoms with Crippen molar-refractivity contribution in [3.8, 4) is 11.5 Å². The van der Waals surface area contributed by atoms with Crippen LogP contribution in [0, 0.1) is 6.92 Å². The highest BCUT2D eigenvalue weighted by atomic mass is 16.5. The standard InChI is InChI=1S/C21H20O6/c1-4-20(23)25-12-11-16-5-7-17(8-6-16)21(24)27-19-10-9-18(13-14(19)2)26-15(3)22/h4-10,13H,1,11-12H2,2-3H3. The van der Waals surface area contributed by atoms with Crippen molar-refractivity contribution in [1.29, 1.82) is 0 Å². The lowest BCUT2D eigenvalue weighted by Crippen LogP contribution is -2.10. The van der Waals surface area contributed by atoms with Crippen molar-refractivity contribution >= 4 is 17.9 Å². The van der Waals surface area contributed by atoms with E-state index in [1.807, 2.05) is 0 Å². The molecule has 0 aliphatic rings. The van der Waals surface area contributed by atoms with E-state index in [0.29, 0.717) is 29.0 Å². The summed E-state index contributed by atoms with van der Waals surface area (Å²) in [6, 6.07) is 11.6. The average molecular weight is 368 g/mol. The first-order valence-electron chi connectivity index (χ1n) is 8.28. The third-order valence-corrected chi connectivity index (χ3v) is 3.60. The summed E-state index contributed by atoms with van der Waals surface area (Å²) >= 11 is 0. The highest BCUT2D eigenvalue weighted by Crippen LogP contribution is 2.24. The summed E-state index contributed by atoms with van der Waals surface area (Å²) in [5, 5.41) is 0. The van der Waals surface area contributed by atoms with Crippen LogP contribution in [0.3, 0.4) is 0 Å².